The molecule has 1 aliphatic carbocycles. The zero-order valence-corrected chi connectivity index (χ0v) is 13.2. The Morgan fingerprint density at radius 2 is 1.90 bits per heavy atom. The van der Waals surface area contributed by atoms with Crippen molar-refractivity contribution in [3.63, 3.8) is 0 Å². The van der Waals surface area contributed by atoms with Crippen LogP contribution in [0, 0.1) is 11.3 Å². The van der Waals surface area contributed by atoms with Crippen LogP contribution in [0.1, 0.15) is 51.3 Å². The molecule has 0 aliphatic heterocycles. The van der Waals surface area contributed by atoms with Crippen molar-refractivity contribution in [2.75, 3.05) is 0 Å². The van der Waals surface area contributed by atoms with Crippen LogP contribution in [0.5, 0.6) is 0 Å². The maximum Gasteiger partial charge on any atom is 0.0358 e. The monoisotopic (exact) mass is 269 g/mol. The topological polar surface area (TPSA) is 26.0 Å². The summed E-state index contributed by atoms with van der Waals surface area (Å²) in [7, 11) is 0. The molecule has 1 aromatic carbocycles. The second-order valence-electron chi connectivity index (χ2n) is 7.17. The van der Waals surface area contributed by atoms with E-state index in [0.29, 0.717) is 11.3 Å². The van der Waals surface area contributed by atoms with E-state index in [9.17, 15) is 0 Å². The number of hydrogen-bond acceptors (Lipinski definition) is 1. The third-order valence-corrected chi connectivity index (χ3v) is 3.86. The predicted molar refractivity (Wildman–Crippen MR) is 87.5 cm³/mol. The highest BCUT2D eigenvalue weighted by atomic mass is 14.6. The summed E-state index contributed by atoms with van der Waals surface area (Å²) in [5.74, 6) is 0.358. The van der Waals surface area contributed by atoms with Gasteiger partial charge in [-0.05, 0) is 35.3 Å². The van der Waals surface area contributed by atoms with Crippen molar-refractivity contribution in [3.05, 3.63) is 59.2 Å². The smallest absolute Gasteiger partial charge is 0.0358 e. The van der Waals surface area contributed by atoms with Crippen LogP contribution in [0.3, 0.4) is 0 Å². The first kappa shape index (κ1) is 15.1. The lowest BCUT2D eigenvalue weighted by Gasteiger charge is -2.22. The Labute approximate surface area is 123 Å². The van der Waals surface area contributed by atoms with E-state index >= 15 is 0 Å². The van der Waals surface area contributed by atoms with Gasteiger partial charge in [0.1, 0.15) is 0 Å². The van der Waals surface area contributed by atoms with Gasteiger partial charge in [0.05, 0.1) is 0 Å². The zero-order chi connectivity index (χ0) is 14.8. The van der Waals surface area contributed by atoms with Crippen molar-refractivity contribution < 1.29 is 0 Å². The predicted octanol–water partition coefficient (Wildman–Crippen LogP) is 4.80. The van der Waals surface area contributed by atoms with Gasteiger partial charge in [-0.1, -0.05) is 75.8 Å². The molecule has 1 nitrogen and oxygen atoms in total. The Bertz CT molecular complexity index is 517. The summed E-state index contributed by atoms with van der Waals surface area (Å²) in [6.07, 6.45) is 8.99. The molecule has 0 radical (unpaired) electrons. The molecule has 1 aliphatic rings. The lowest BCUT2D eigenvalue weighted by atomic mass is 9.85. The van der Waals surface area contributed by atoms with Gasteiger partial charge < -0.3 is 5.73 Å². The highest BCUT2D eigenvalue weighted by molar-refractivity contribution is 5.35. The Hall–Kier alpha value is -1.34. The van der Waals surface area contributed by atoms with Gasteiger partial charge in [0.2, 0.25) is 0 Å². The van der Waals surface area contributed by atoms with Gasteiger partial charge in [0.15, 0.2) is 0 Å². The molecule has 0 fully saturated rings. The van der Waals surface area contributed by atoms with E-state index in [1.165, 1.54) is 16.7 Å². The molecule has 1 aromatic rings. The van der Waals surface area contributed by atoms with E-state index in [1.807, 2.05) is 0 Å². The minimum atomic E-state index is 0.0843. The molecule has 1 heteroatoms. The Balaban J connectivity index is 2.34. The summed E-state index contributed by atoms with van der Waals surface area (Å²) in [6.45, 7) is 9.08. The first-order valence-corrected chi connectivity index (χ1v) is 7.57. The van der Waals surface area contributed by atoms with E-state index in [4.69, 9.17) is 5.73 Å². The fraction of sp³-hybridized carbons (Fsp3) is 0.474. The fourth-order valence-electron chi connectivity index (χ4n) is 2.89. The summed E-state index contributed by atoms with van der Waals surface area (Å²) in [6, 6.07) is 8.65. The minimum absolute atomic E-state index is 0.0843. The van der Waals surface area contributed by atoms with Crippen LogP contribution in [-0.4, -0.2) is 0 Å². The minimum Gasteiger partial charge on any atom is -0.323 e. The standard InChI is InChI=1S/C19H27N/c1-14-12-15(13-19(2,3)4)8-7-10-16-9-5-6-11-17(16)18(14)20/h5-9,11-12,14,18H,10,13,20H2,1-4H3/b8-7-,15-12+. The van der Waals surface area contributed by atoms with E-state index in [-0.39, 0.29) is 6.04 Å². The number of nitrogens with two attached hydrogens (primary N) is 1. The molecule has 2 rings (SSSR count). The van der Waals surface area contributed by atoms with Gasteiger partial charge in [-0.15, -0.1) is 0 Å². The first-order chi connectivity index (χ1) is 9.37. The van der Waals surface area contributed by atoms with Crippen molar-refractivity contribution in [2.45, 2.75) is 46.6 Å². The molecule has 2 unspecified atom stereocenters. The number of rotatable bonds is 1. The summed E-state index contributed by atoms with van der Waals surface area (Å²) in [4.78, 5) is 0. The molecule has 0 saturated carbocycles. The maximum absolute atomic E-state index is 6.48. The van der Waals surface area contributed by atoms with E-state index < -0.39 is 0 Å². The number of hydrogen-bond donors (Lipinski definition) is 1. The van der Waals surface area contributed by atoms with Crippen molar-refractivity contribution >= 4 is 0 Å². The summed E-state index contributed by atoms with van der Waals surface area (Å²) < 4.78 is 0. The Morgan fingerprint density at radius 1 is 1.20 bits per heavy atom. The van der Waals surface area contributed by atoms with Crippen LogP contribution in [0.25, 0.3) is 0 Å². The molecule has 108 valence electrons. The molecule has 2 N–H and O–H groups in total. The molecule has 20 heavy (non-hydrogen) atoms. The van der Waals surface area contributed by atoms with Gasteiger partial charge >= 0.3 is 0 Å². The lowest BCUT2D eigenvalue weighted by molar-refractivity contribution is 0.410. The van der Waals surface area contributed by atoms with Crippen LogP contribution in [0.15, 0.2) is 48.1 Å². The first-order valence-electron chi connectivity index (χ1n) is 7.57. The lowest BCUT2D eigenvalue weighted by Crippen LogP contribution is -2.19. The molecule has 0 heterocycles. The molecular formula is C19H27N. The zero-order valence-electron chi connectivity index (χ0n) is 13.2. The maximum atomic E-state index is 6.48. The fourth-order valence-corrected chi connectivity index (χ4v) is 2.89. The SMILES string of the molecule is CC1/C=C(CC(C)(C)C)\C=C/Cc2ccccc2C1N. The molecule has 2 atom stereocenters. The molecule has 0 bridgehead atoms. The van der Waals surface area contributed by atoms with E-state index in [1.54, 1.807) is 0 Å². The molecule has 0 amide bonds. The highest BCUT2D eigenvalue weighted by Crippen LogP contribution is 2.31. The quantitative estimate of drug-likeness (QED) is 0.779. The highest BCUT2D eigenvalue weighted by Gasteiger charge is 2.19. The van der Waals surface area contributed by atoms with Gasteiger partial charge in [-0.3, -0.25) is 0 Å². The number of fused-ring (bicyclic) bond motifs is 1. The van der Waals surface area contributed by atoms with Crippen LogP contribution < -0.4 is 5.73 Å². The van der Waals surface area contributed by atoms with Gasteiger partial charge in [-0.2, -0.15) is 0 Å². The molecule has 0 spiro atoms. The van der Waals surface area contributed by atoms with Crippen LogP contribution in [0.4, 0.5) is 0 Å². The Morgan fingerprint density at radius 3 is 2.60 bits per heavy atom. The molecule has 0 aromatic heterocycles. The van der Waals surface area contributed by atoms with Gasteiger partial charge in [0, 0.05) is 6.04 Å². The van der Waals surface area contributed by atoms with Crippen LogP contribution >= 0.6 is 0 Å². The van der Waals surface area contributed by atoms with Crippen LogP contribution in [-0.2, 0) is 6.42 Å². The average molecular weight is 269 g/mol. The third kappa shape index (κ3) is 3.83. The van der Waals surface area contributed by atoms with Crippen molar-refractivity contribution in [3.8, 4) is 0 Å². The third-order valence-electron chi connectivity index (χ3n) is 3.86. The van der Waals surface area contributed by atoms with Crippen LogP contribution in [0.2, 0.25) is 0 Å². The largest absolute Gasteiger partial charge is 0.323 e. The van der Waals surface area contributed by atoms with Gasteiger partial charge in [0.25, 0.3) is 0 Å². The van der Waals surface area contributed by atoms with Gasteiger partial charge in [-0.25, -0.2) is 0 Å². The van der Waals surface area contributed by atoms with E-state index in [0.717, 1.165) is 12.8 Å². The second kappa shape index (κ2) is 5.97. The second-order valence-corrected chi connectivity index (χ2v) is 7.17. The summed E-state index contributed by atoms with van der Waals surface area (Å²) >= 11 is 0. The van der Waals surface area contributed by atoms with Crippen molar-refractivity contribution in [1.82, 2.24) is 0 Å². The van der Waals surface area contributed by atoms with E-state index in [2.05, 4.69) is 70.2 Å². The average Bonchev–Trinajstić information content (AvgIpc) is 2.40. The number of allylic oxidation sites excluding steroid dienone is 3. The summed E-state index contributed by atoms with van der Waals surface area (Å²) in [5.41, 5.74) is 10.8. The molecule has 0 saturated heterocycles. The Kier molecular flexibility index (Phi) is 4.49. The summed E-state index contributed by atoms with van der Waals surface area (Å²) in [5, 5.41) is 0. The van der Waals surface area contributed by atoms with Crippen molar-refractivity contribution in [1.29, 1.82) is 0 Å². The normalized spacial score (nSPS) is 27.6. The number of benzene rings is 1. The van der Waals surface area contributed by atoms with Crippen molar-refractivity contribution in [2.24, 2.45) is 17.1 Å². The molecular weight excluding hydrogens is 242 g/mol.